The quantitative estimate of drug-likeness (QED) is 0.765. The van der Waals surface area contributed by atoms with Gasteiger partial charge in [-0.15, -0.1) is 0 Å². The van der Waals surface area contributed by atoms with Crippen molar-refractivity contribution in [2.24, 2.45) is 0 Å². The maximum Gasteiger partial charge on any atom is 0.163 e. The first kappa shape index (κ1) is 11.7. The second-order valence-electron chi connectivity index (χ2n) is 4.34. The first-order valence-corrected chi connectivity index (χ1v) is 5.33. The Kier molecular flexibility index (Phi) is 2.67. The molecule has 4 nitrogen and oxygen atoms in total. The van der Waals surface area contributed by atoms with Crippen molar-refractivity contribution >= 4 is 11.9 Å². The maximum atomic E-state index is 11.3. The average molecular weight is 234 g/mol. The summed E-state index contributed by atoms with van der Waals surface area (Å²) in [5, 5.41) is 19.1. The second kappa shape index (κ2) is 3.89. The summed E-state index contributed by atoms with van der Waals surface area (Å²) in [7, 11) is 0. The van der Waals surface area contributed by atoms with Crippen molar-refractivity contribution in [1.82, 2.24) is 0 Å². The van der Waals surface area contributed by atoms with Gasteiger partial charge in [0.25, 0.3) is 0 Å². The van der Waals surface area contributed by atoms with E-state index in [9.17, 15) is 15.0 Å². The number of aliphatic hydroxyl groups is 1. The van der Waals surface area contributed by atoms with Crippen LogP contribution >= 0.6 is 0 Å². The molecule has 0 radical (unpaired) electrons. The number of phenolic OH excluding ortho intramolecular Hbond substituents is 1. The van der Waals surface area contributed by atoms with Crippen LogP contribution in [-0.2, 0) is 0 Å². The van der Waals surface area contributed by atoms with Gasteiger partial charge in [-0.1, -0.05) is 0 Å². The summed E-state index contributed by atoms with van der Waals surface area (Å²) in [5.74, 6) is 0.187. The monoisotopic (exact) mass is 234 g/mol. The number of carbonyl (C=O) groups is 1. The minimum atomic E-state index is -0.781. The molecule has 2 rings (SSSR count). The minimum absolute atomic E-state index is 0.0776. The summed E-state index contributed by atoms with van der Waals surface area (Å²) in [6.45, 7) is 2.98. The van der Waals surface area contributed by atoms with Crippen LogP contribution in [0.2, 0.25) is 0 Å². The van der Waals surface area contributed by atoms with Gasteiger partial charge in [-0.25, -0.2) is 0 Å². The first-order valence-electron chi connectivity index (χ1n) is 5.33. The Balaban J connectivity index is 2.52. The third-order valence-electron chi connectivity index (χ3n) is 2.82. The number of benzene rings is 1. The van der Waals surface area contributed by atoms with E-state index < -0.39 is 5.60 Å². The minimum Gasteiger partial charge on any atom is -0.506 e. The SMILES string of the molecule is CC(=O)c1ccc2c(c1O)C=CC(C)(CO)O2. The topological polar surface area (TPSA) is 66.8 Å². The normalized spacial score (nSPS) is 21.8. The molecule has 2 N–H and O–H groups in total. The Morgan fingerprint density at radius 2 is 2.18 bits per heavy atom. The lowest BCUT2D eigenvalue weighted by Gasteiger charge is -2.30. The van der Waals surface area contributed by atoms with Crippen LogP contribution in [-0.4, -0.2) is 28.2 Å². The molecule has 1 atom stereocenters. The highest BCUT2D eigenvalue weighted by atomic mass is 16.5. The third kappa shape index (κ3) is 1.91. The molecular formula is C13H14O4. The Morgan fingerprint density at radius 3 is 2.76 bits per heavy atom. The van der Waals surface area contributed by atoms with Crippen LogP contribution in [0.5, 0.6) is 11.5 Å². The molecule has 1 unspecified atom stereocenters. The zero-order valence-electron chi connectivity index (χ0n) is 9.73. The number of Topliss-reactive ketones (excluding diaryl/α,β-unsaturated/α-hetero) is 1. The van der Waals surface area contributed by atoms with Crippen LogP contribution in [0, 0.1) is 0 Å². The van der Waals surface area contributed by atoms with E-state index in [0.717, 1.165) is 0 Å². The van der Waals surface area contributed by atoms with E-state index in [1.165, 1.54) is 13.0 Å². The highest BCUT2D eigenvalue weighted by Gasteiger charge is 2.28. The van der Waals surface area contributed by atoms with Crippen molar-refractivity contribution in [1.29, 1.82) is 0 Å². The van der Waals surface area contributed by atoms with Gasteiger partial charge in [0, 0.05) is 0 Å². The summed E-state index contributed by atoms with van der Waals surface area (Å²) >= 11 is 0. The molecule has 0 saturated heterocycles. The zero-order valence-corrected chi connectivity index (χ0v) is 9.73. The lowest BCUT2D eigenvalue weighted by molar-refractivity contribution is 0.0638. The van der Waals surface area contributed by atoms with Crippen molar-refractivity contribution < 1.29 is 19.7 Å². The van der Waals surface area contributed by atoms with Gasteiger partial charge < -0.3 is 14.9 Å². The van der Waals surface area contributed by atoms with E-state index in [2.05, 4.69) is 0 Å². The molecule has 1 aliphatic heterocycles. The van der Waals surface area contributed by atoms with Crippen molar-refractivity contribution in [3.8, 4) is 11.5 Å². The molecule has 0 aromatic heterocycles. The number of phenols is 1. The van der Waals surface area contributed by atoms with Gasteiger partial charge in [0.05, 0.1) is 17.7 Å². The molecule has 0 bridgehead atoms. The predicted octanol–water partition coefficient (Wildman–Crippen LogP) is 1.75. The molecular weight excluding hydrogens is 220 g/mol. The number of hydrogen-bond donors (Lipinski definition) is 2. The standard InChI is InChI=1S/C13H14O4/c1-8(15)9-3-4-11-10(12(9)16)5-6-13(2,7-14)17-11/h3-6,14,16H,7H2,1-2H3. The number of fused-ring (bicyclic) bond motifs is 1. The molecule has 1 aliphatic rings. The molecule has 0 fully saturated rings. The van der Waals surface area contributed by atoms with Gasteiger partial charge in [0.1, 0.15) is 17.1 Å². The van der Waals surface area contributed by atoms with Gasteiger partial charge in [0.2, 0.25) is 0 Å². The first-order chi connectivity index (χ1) is 7.97. The molecule has 1 aromatic rings. The third-order valence-corrected chi connectivity index (χ3v) is 2.82. The van der Waals surface area contributed by atoms with Gasteiger partial charge >= 0.3 is 0 Å². The fourth-order valence-corrected chi connectivity index (χ4v) is 1.75. The van der Waals surface area contributed by atoms with Crippen LogP contribution in [0.1, 0.15) is 29.8 Å². The van der Waals surface area contributed by atoms with Crippen LogP contribution in [0.3, 0.4) is 0 Å². The molecule has 4 heteroatoms. The van der Waals surface area contributed by atoms with Crippen molar-refractivity contribution in [2.45, 2.75) is 19.4 Å². The van der Waals surface area contributed by atoms with Gasteiger partial charge in [-0.2, -0.15) is 0 Å². The van der Waals surface area contributed by atoms with Crippen molar-refractivity contribution in [2.75, 3.05) is 6.61 Å². The summed E-state index contributed by atoms with van der Waals surface area (Å²) in [6.07, 6.45) is 3.33. The van der Waals surface area contributed by atoms with E-state index in [1.807, 2.05) is 0 Å². The second-order valence-corrected chi connectivity index (χ2v) is 4.34. The summed E-state index contributed by atoms with van der Waals surface area (Å²) in [5.41, 5.74) is -0.0368. The number of carbonyl (C=O) groups excluding carboxylic acids is 1. The van der Waals surface area contributed by atoms with E-state index in [-0.39, 0.29) is 23.7 Å². The summed E-state index contributed by atoms with van der Waals surface area (Å²) in [4.78, 5) is 11.3. The van der Waals surface area contributed by atoms with Crippen LogP contribution < -0.4 is 4.74 Å². The number of ketones is 1. The summed E-state index contributed by atoms with van der Waals surface area (Å²) in [6, 6.07) is 3.15. The molecule has 0 spiro atoms. The van der Waals surface area contributed by atoms with E-state index in [1.54, 1.807) is 25.1 Å². The molecule has 0 amide bonds. The van der Waals surface area contributed by atoms with Crippen LogP contribution in [0.4, 0.5) is 0 Å². The van der Waals surface area contributed by atoms with Gasteiger partial charge in [0.15, 0.2) is 5.78 Å². The maximum absolute atomic E-state index is 11.3. The molecule has 1 aromatic carbocycles. The molecule has 0 saturated carbocycles. The Bertz CT molecular complexity index is 504. The molecule has 0 aliphatic carbocycles. The lowest BCUT2D eigenvalue weighted by Crippen LogP contribution is -2.35. The van der Waals surface area contributed by atoms with Gasteiger partial charge in [-0.3, -0.25) is 4.79 Å². The molecule has 17 heavy (non-hydrogen) atoms. The predicted molar refractivity (Wildman–Crippen MR) is 63.3 cm³/mol. The smallest absolute Gasteiger partial charge is 0.163 e. The Hall–Kier alpha value is -1.81. The molecule has 1 heterocycles. The fraction of sp³-hybridized carbons (Fsp3) is 0.308. The van der Waals surface area contributed by atoms with Crippen LogP contribution in [0.25, 0.3) is 6.08 Å². The number of aromatic hydroxyl groups is 1. The van der Waals surface area contributed by atoms with Gasteiger partial charge in [-0.05, 0) is 38.1 Å². The largest absolute Gasteiger partial charge is 0.506 e. The number of rotatable bonds is 2. The Morgan fingerprint density at radius 1 is 1.47 bits per heavy atom. The van der Waals surface area contributed by atoms with E-state index in [0.29, 0.717) is 11.3 Å². The lowest BCUT2D eigenvalue weighted by atomic mass is 9.98. The average Bonchev–Trinajstić information content (AvgIpc) is 2.28. The number of ether oxygens (including phenoxy) is 1. The van der Waals surface area contributed by atoms with Crippen molar-refractivity contribution in [3.05, 3.63) is 29.3 Å². The summed E-state index contributed by atoms with van der Waals surface area (Å²) < 4.78 is 5.58. The Labute approximate surface area is 99.2 Å². The zero-order chi connectivity index (χ0) is 12.6. The highest BCUT2D eigenvalue weighted by molar-refractivity contribution is 5.98. The number of hydrogen-bond acceptors (Lipinski definition) is 4. The number of aliphatic hydroxyl groups excluding tert-OH is 1. The molecule has 90 valence electrons. The highest BCUT2D eigenvalue weighted by Crippen LogP contribution is 2.38. The fourth-order valence-electron chi connectivity index (χ4n) is 1.75. The van der Waals surface area contributed by atoms with Crippen LogP contribution in [0.15, 0.2) is 18.2 Å². The van der Waals surface area contributed by atoms with E-state index in [4.69, 9.17) is 4.74 Å². The van der Waals surface area contributed by atoms with E-state index >= 15 is 0 Å². The van der Waals surface area contributed by atoms with Crippen molar-refractivity contribution in [3.63, 3.8) is 0 Å².